The SMILES string of the molecule is CC(C)C(N)CCN(C)C(=O)c1cnc2ccccc2n1.Cl.Cl. The summed E-state index contributed by atoms with van der Waals surface area (Å²) in [4.78, 5) is 22.7. The van der Waals surface area contributed by atoms with Gasteiger partial charge in [-0.25, -0.2) is 4.98 Å². The van der Waals surface area contributed by atoms with Crippen LogP contribution in [0.2, 0.25) is 0 Å². The Morgan fingerprint density at radius 2 is 1.83 bits per heavy atom. The lowest BCUT2D eigenvalue weighted by atomic mass is 10.0. The number of halogens is 2. The first-order valence-corrected chi connectivity index (χ1v) is 7.22. The summed E-state index contributed by atoms with van der Waals surface area (Å²) in [5, 5.41) is 0. The third kappa shape index (κ3) is 5.61. The largest absolute Gasteiger partial charge is 0.340 e. The van der Waals surface area contributed by atoms with Crippen LogP contribution in [-0.2, 0) is 0 Å². The van der Waals surface area contributed by atoms with E-state index in [1.807, 2.05) is 24.3 Å². The molecule has 0 radical (unpaired) electrons. The Hall–Kier alpha value is -1.43. The van der Waals surface area contributed by atoms with E-state index in [4.69, 9.17) is 5.73 Å². The van der Waals surface area contributed by atoms with Crippen LogP contribution in [0.4, 0.5) is 0 Å². The highest BCUT2D eigenvalue weighted by Gasteiger charge is 2.16. The quantitative estimate of drug-likeness (QED) is 0.891. The fourth-order valence-corrected chi connectivity index (χ4v) is 2.03. The van der Waals surface area contributed by atoms with Crippen molar-refractivity contribution < 1.29 is 4.79 Å². The maximum absolute atomic E-state index is 12.4. The molecular weight excluding hydrogens is 335 g/mol. The average molecular weight is 359 g/mol. The zero-order chi connectivity index (χ0) is 15.4. The van der Waals surface area contributed by atoms with Gasteiger partial charge in [-0.1, -0.05) is 26.0 Å². The minimum Gasteiger partial charge on any atom is -0.340 e. The number of aromatic nitrogens is 2. The molecule has 1 atom stereocenters. The standard InChI is InChI=1S/C16H22N4O.2ClH/c1-11(2)12(17)8-9-20(3)16(21)15-10-18-13-6-4-5-7-14(13)19-15;;/h4-7,10-12H,8-9,17H2,1-3H3;2*1H. The summed E-state index contributed by atoms with van der Waals surface area (Å²) < 4.78 is 0. The lowest BCUT2D eigenvalue weighted by Crippen LogP contribution is -2.35. The normalized spacial score (nSPS) is 11.5. The fraction of sp³-hybridized carbons (Fsp3) is 0.438. The summed E-state index contributed by atoms with van der Waals surface area (Å²) in [7, 11) is 1.77. The molecule has 1 heterocycles. The third-order valence-electron chi connectivity index (χ3n) is 3.67. The van der Waals surface area contributed by atoms with Crippen LogP contribution < -0.4 is 5.73 Å². The fourth-order valence-electron chi connectivity index (χ4n) is 2.03. The lowest BCUT2D eigenvalue weighted by Gasteiger charge is -2.21. The molecule has 0 fully saturated rings. The van der Waals surface area contributed by atoms with Crippen molar-refractivity contribution in [1.82, 2.24) is 14.9 Å². The highest BCUT2D eigenvalue weighted by molar-refractivity contribution is 5.93. The van der Waals surface area contributed by atoms with Crippen molar-refractivity contribution in [2.24, 2.45) is 11.7 Å². The number of carbonyl (C=O) groups is 1. The molecule has 0 aliphatic rings. The molecule has 2 rings (SSSR count). The number of nitrogens with zero attached hydrogens (tertiary/aromatic N) is 3. The van der Waals surface area contributed by atoms with Crippen molar-refractivity contribution in [3.63, 3.8) is 0 Å². The maximum Gasteiger partial charge on any atom is 0.273 e. The Balaban J connectivity index is 0.00000242. The first kappa shape index (κ1) is 21.6. The van der Waals surface area contributed by atoms with E-state index in [-0.39, 0.29) is 36.8 Å². The topological polar surface area (TPSA) is 72.1 Å². The van der Waals surface area contributed by atoms with E-state index >= 15 is 0 Å². The molecule has 1 aromatic carbocycles. The van der Waals surface area contributed by atoms with E-state index in [1.165, 1.54) is 6.20 Å². The molecule has 5 nitrogen and oxygen atoms in total. The van der Waals surface area contributed by atoms with E-state index in [2.05, 4.69) is 23.8 Å². The minimum atomic E-state index is -0.121. The van der Waals surface area contributed by atoms with Gasteiger partial charge < -0.3 is 10.6 Å². The summed E-state index contributed by atoms with van der Waals surface area (Å²) in [5.41, 5.74) is 7.90. The van der Waals surface area contributed by atoms with E-state index in [9.17, 15) is 4.79 Å². The predicted octanol–water partition coefficient (Wildman–Crippen LogP) is 2.92. The van der Waals surface area contributed by atoms with Crippen molar-refractivity contribution in [2.75, 3.05) is 13.6 Å². The van der Waals surface area contributed by atoms with Crippen LogP contribution in [0.1, 0.15) is 30.8 Å². The number of hydrogen-bond acceptors (Lipinski definition) is 4. The Labute approximate surface area is 149 Å². The van der Waals surface area contributed by atoms with Gasteiger partial charge in [-0.2, -0.15) is 0 Å². The van der Waals surface area contributed by atoms with Crippen LogP contribution in [0.15, 0.2) is 30.5 Å². The van der Waals surface area contributed by atoms with Gasteiger partial charge in [0.15, 0.2) is 0 Å². The zero-order valence-corrected chi connectivity index (χ0v) is 15.2. The highest BCUT2D eigenvalue weighted by atomic mass is 35.5. The van der Waals surface area contributed by atoms with Crippen molar-refractivity contribution >= 4 is 41.8 Å². The predicted molar refractivity (Wildman–Crippen MR) is 98.4 cm³/mol. The molecule has 7 heteroatoms. The van der Waals surface area contributed by atoms with Gasteiger partial charge in [0.25, 0.3) is 5.91 Å². The first-order chi connectivity index (χ1) is 9.99. The van der Waals surface area contributed by atoms with Gasteiger partial charge in [-0.3, -0.25) is 9.78 Å². The number of amides is 1. The lowest BCUT2D eigenvalue weighted by molar-refractivity contribution is 0.0783. The first-order valence-electron chi connectivity index (χ1n) is 7.22. The van der Waals surface area contributed by atoms with Gasteiger partial charge in [0.2, 0.25) is 0 Å². The third-order valence-corrected chi connectivity index (χ3v) is 3.67. The number of rotatable bonds is 5. The van der Waals surface area contributed by atoms with Crippen molar-refractivity contribution in [3.8, 4) is 0 Å². The molecule has 1 amide bonds. The zero-order valence-electron chi connectivity index (χ0n) is 13.6. The van der Waals surface area contributed by atoms with Gasteiger partial charge in [-0.05, 0) is 24.5 Å². The molecular formula is C16H24Cl2N4O. The Bertz CT molecular complexity index is 636. The molecule has 0 spiro atoms. The van der Waals surface area contributed by atoms with Gasteiger partial charge in [-0.15, -0.1) is 24.8 Å². The Morgan fingerprint density at radius 3 is 2.43 bits per heavy atom. The monoisotopic (exact) mass is 358 g/mol. The molecule has 0 aliphatic carbocycles. The summed E-state index contributed by atoms with van der Waals surface area (Å²) in [6, 6.07) is 7.62. The van der Waals surface area contributed by atoms with Gasteiger partial charge in [0, 0.05) is 19.6 Å². The van der Waals surface area contributed by atoms with Crippen LogP contribution >= 0.6 is 24.8 Å². The summed E-state index contributed by atoms with van der Waals surface area (Å²) >= 11 is 0. The smallest absolute Gasteiger partial charge is 0.273 e. The molecule has 1 aromatic heterocycles. The average Bonchev–Trinajstić information content (AvgIpc) is 2.50. The van der Waals surface area contributed by atoms with Crippen molar-refractivity contribution in [1.29, 1.82) is 0 Å². The van der Waals surface area contributed by atoms with Crippen molar-refractivity contribution in [2.45, 2.75) is 26.3 Å². The molecule has 2 N–H and O–H groups in total. The molecule has 0 aliphatic heterocycles. The van der Waals surface area contributed by atoms with Crippen LogP contribution in [0.3, 0.4) is 0 Å². The second-order valence-electron chi connectivity index (χ2n) is 5.67. The molecule has 0 saturated carbocycles. The number of fused-ring (bicyclic) bond motifs is 1. The number of nitrogens with two attached hydrogens (primary N) is 1. The number of carbonyl (C=O) groups excluding carboxylic acids is 1. The second kappa shape index (κ2) is 9.65. The molecule has 0 bridgehead atoms. The molecule has 0 saturated heterocycles. The minimum absolute atomic E-state index is 0. The number of para-hydroxylation sites is 2. The summed E-state index contributed by atoms with van der Waals surface area (Å²) in [6.07, 6.45) is 2.31. The van der Waals surface area contributed by atoms with Gasteiger partial charge in [0.05, 0.1) is 17.2 Å². The van der Waals surface area contributed by atoms with Crippen LogP contribution in [-0.4, -0.2) is 40.4 Å². The van der Waals surface area contributed by atoms with Gasteiger partial charge in [0.1, 0.15) is 5.69 Å². The summed E-state index contributed by atoms with van der Waals surface area (Å²) in [6.45, 7) is 4.79. The maximum atomic E-state index is 12.4. The van der Waals surface area contributed by atoms with E-state index in [0.29, 0.717) is 18.2 Å². The van der Waals surface area contributed by atoms with E-state index in [1.54, 1.807) is 11.9 Å². The van der Waals surface area contributed by atoms with Gasteiger partial charge >= 0.3 is 0 Å². The van der Waals surface area contributed by atoms with Crippen LogP contribution in [0, 0.1) is 5.92 Å². The molecule has 128 valence electrons. The molecule has 1 unspecified atom stereocenters. The van der Waals surface area contributed by atoms with E-state index in [0.717, 1.165) is 17.5 Å². The van der Waals surface area contributed by atoms with E-state index < -0.39 is 0 Å². The van der Waals surface area contributed by atoms with Crippen LogP contribution in [0.25, 0.3) is 11.0 Å². The Morgan fingerprint density at radius 1 is 1.22 bits per heavy atom. The van der Waals surface area contributed by atoms with Crippen LogP contribution in [0.5, 0.6) is 0 Å². The molecule has 2 aromatic rings. The highest BCUT2D eigenvalue weighted by Crippen LogP contribution is 2.10. The number of benzene rings is 1. The van der Waals surface area contributed by atoms with Crippen molar-refractivity contribution in [3.05, 3.63) is 36.2 Å². The number of hydrogen-bond donors (Lipinski definition) is 1. The second-order valence-corrected chi connectivity index (χ2v) is 5.67. The molecule has 23 heavy (non-hydrogen) atoms. The summed E-state index contributed by atoms with van der Waals surface area (Å²) in [5.74, 6) is 0.290. The Kier molecular flexibility index (Phi) is 9.05.